The first-order valence-corrected chi connectivity index (χ1v) is 11.5. The summed E-state index contributed by atoms with van der Waals surface area (Å²) in [5.41, 5.74) is 0.724. The molecule has 0 aromatic carbocycles. The summed E-state index contributed by atoms with van der Waals surface area (Å²) in [6, 6.07) is 3.89. The van der Waals surface area contributed by atoms with Gasteiger partial charge >= 0.3 is 0 Å². The van der Waals surface area contributed by atoms with E-state index in [1.807, 2.05) is 19.1 Å². The fourth-order valence-electron chi connectivity index (χ4n) is 4.68. The number of likely N-dealkylation sites (tertiary alicyclic amines) is 1. The molecule has 158 valence electrons. The number of furan rings is 1. The van der Waals surface area contributed by atoms with Gasteiger partial charge in [0.15, 0.2) is 0 Å². The van der Waals surface area contributed by atoms with Gasteiger partial charge in [0, 0.05) is 19.5 Å². The van der Waals surface area contributed by atoms with E-state index in [4.69, 9.17) is 4.42 Å². The number of carbonyl (C=O) groups excluding carboxylic acids is 1. The molecule has 5 rings (SSSR count). The number of nitrogens with zero attached hydrogens (tertiary/aromatic N) is 3. The van der Waals surface area contributed by atoms with Crippen molar-refractivity contribution in [1.82, 2.24) is 19.8 Å². The predicted octanol–water partition coefficient (Wildman–Crippen LogP) is 3.26. The lowest BCUT2D eigenvalue weighted by Crippen LogP contribution is -2.40. The quantitative estimate of drug-likeness (QED) is 0.677. The second-order valence-corrected chi connectivity index (χ2v) is 9.16. The Morgan fingerprint density at radius 1 is 1.27 bits per heavy atom. The molecule has 0 bridgehead atoms. The molecule has 0 radical (unpaired) electrons. The minimum atomic E-state index is -0.145. The Morgan fingerprint density at radius 3 is 2.87 bits per heavy atom. The fraction of sp³-hybridized carbons (Fsp3) is 0.500. The van der Waals surface area contributed by atoms with Crippen LogP contribution in [-0.2, 0) is 13.0 Å². The van der Waals surface area contributed by atoms with Gasteiger partial charge in [0.2, 0.25) is 0 Å². The number of rotatable bonds is 5. The molecule has 1 fully saturated rings. The highest BCUT2D eigenvalue weighted by molar-refractivity contribution is 7.20. The molecule has 0 unspecified atom stereocenters. The minimum Gasteiger partial charge on any atom is -0.468 e. The Bertz CT molecular complexity index is 1130. The second-order valence-electron chi connectivity index (χ2n) is 8.16. The summed E-state index contributed by atoms with van der Waals surface area (Å²) in [7, 11) is 0. The summed E-state index contributed by atoms with van der Waals surface area (Å²) in [5.74, 6) is 1.57. The largest absolute Gasteiger partial charge is 0.468 e. The van der Waals surface area contributed by atoms with Gasteiger partial charge in [-0.25, -0.2) is 4.98 Å². The smallest absolute Gasteiger partial charge is 0.262 e. The van der Waals surface area contributed by atoms with Crippen LogP contribution in [0, 0.1) is 6.92 Å². The van der Waals surface area contributed by atoms with Crippen LogP contribution in [0.3, 0.4) is 0 Å². The van der Waals surface area contributed by atoms with Crippen LogP contribution in [0.25, 0.3) is 10.2 Å². The molecule has 5 heterocycles. The molecule has 1 N–H and O–H groups in total. The molecule has 8 heteroatoms. The third kappa shape index (κ3) is 3.37. The molecular weight excluding hydrogens is 400 g/mol. The van der Waals surface area contributed by atoms with Crippen LogP contribution in [-0.4, -0.2) is 40.0 Å². The van der Waals surface area contributed by atoms with Gasteiger partial charge in [0.05, 0.1) is 22.6 Å². The highest BCUT2D eigenvalue weighted by Crippen LogP contribution is 2.29. The zero-order valence-corrected chi connectivity index (χ0v) is 18.0. The number of piperidine rings is 1. The Kier molecular flexibility index (Phi) is 5.20. The summed E-state index contributed by atoms with van der Waals surface area (Å²) in [5, 5.41) is 3.69. The molecule has 30 heavy (non-hydrogen) atoms. The van der Waals surface area contributed by atoms with E-state index < -0.39 is 0 Å². The van der Waals surface area contributed by atoms with Gasteiger partial charge in [0.25, 0.3) is 11.5 Å². The Labute approximate surface area is 178 Å². The van der Waals surface area contributed by atoms with E-state index in [0.717, 1.165) is 43.1 Å². The van der Waals surface area contributed by atoms with Crippen molar-refractivity contribution in [3.63, 3.8) is 0 Å². The van der Waals surface area contributed by atoms with Gasteiger partial charge in [-0.1, -0.05) is 6.42 Å². The number of hydrogen-bond acceptors (Lipinski definition) is 6. The van der Waals surface area contributed by atoms with E-state index in [1.165, 1.54) is 30.6 Å². The molecule has 0 spiro atoms. The topological polar surface area (TPSA) is 80.4 Å². The third-order valence-electron chi connectivity index (χ3n) is 6.28. The molecule has 1 saturated heterocycles. The van der Waals surface area contributed by atoms with Gasteiger partial charge in [-0.15, -0.1) is 11.3 Å². The van der Waals surface area contributed by atoms with Crippen molar-refractivity contribution in [3.8, 4) is 0 Å². The predicted molar refractivity (Wildman–Crippen MR) is 116 cm³/mol. The highest BCUT2D eigenvalue weighted by atomic mass is 32.1. The number of fused-ring (bicyclic) bond motifs is 2. The standard InChI is InChI=1S/C22H26N4O3S/c1-14-18-21(24-17-8-5-11-26(17)22(18)28)30-19(14)20(27)23-13-15(16-7-6-12-29-16)25-9-3-2-4-10-25/h6-7,12,15H,2-5,8-11,13H2,1H3,(H,23,27)/t15-/m0/s1. The monoisotopic (exact) mass is 426 g/mol. The van der Waals surface area contributed by atoms with E-state index >= 15 is 0 Å². The maximum atomic E-state index is 13.1. The Morgan fingerprint density at radius 2 is 2.10 bits per heavy atom. The van der Waals surface area contributed by atoms with Crippen molar-refractivity contribution in [2.24, 2.45) is 0 Å². The lowest BCUT2D eigenvalue weighted by atomic mass is 10.1. The minimum absolute atomic E-state index is 0.0120. The first kappa shape index (κ1) is 19.5. The number of aromatic nitrogens is 2. The molecule has 0 aliphatic carbocycles. The lowest BCUT2D eigenvalue weighted by molar-refractivity contribution is 0.0917. The van der Waals surface area contributed by atoms with Gasteiger partial charge in [0.1, 0.15) is 16.4 Å². The summed E-state index contributed by atoms with van der Waals surface area (Å²) in [6.45, 7) is 5.07. The summed E-state index contributed by atoms with van der Waals surface area (Å²) in [4.78, 5) is 34.3. The van der Waals surface area contributed by atoms with Gasteiger partial charge in [-0.3, -0.25) is 19.1 Å². The Balaban J connectivity index is 1.39. The van der Waals surface area contributed by atoms with E-state index in [0.29, 0.717) is 28.2 Å². The number of hydrogen-bond donors (Lipinski definition) is 1. The van der Waals surface area contributed by atoms with E-state index in [-0.39, 0.29) is 17.5 Å². The van der Waals surface area contributed by atoms with Crippen molar-refractivity contribution in [1.29, 1.82) is 0 Å². The maximum absolute atomic E-state index is 13.1. The average molecular weight is 427 g/mol. The van der Waals surface area contributed by atoms with Crippen molar-refractivity contribution >= 4 is 27.5 Å². The third-order valence-corrected chi connectivity index (χ3v) is 7.46. The van der Waals surface area contributed by atoms with Crippen LogP contribution in [0.4, 0.5) is 0 Å². The molecule has 2 aliphatic heterocycles. The van der Waals surface area contributed by atoms with Crippen LogP contribution in [0.1, 0.15) is 58.5 Å². The number of carbonyl (C=O) groups is 1. The van der Waals surface area contributed by atoms with Gasteiger partial charge in [-0.2, -0.15) is 0 Å². The van der Waals surface area contributed by atoms with Gasteiger partial charge in [-0.05, 0) is 57.0 Å². The zero-order valence-electron chi connectivity index (χ0n) is 17.1. The van der Waals surface area contributed by atoms with Crippen molar-refractivity contribution in [2.45, 2.75) is 51.6 Å². The average Bonchev–Trinajstić information content (AvgIpc) is 3.50. The van der Waals surface area contributed by atoms with Crippen molar-refractivity contribution < 1.29 is 9.21 Å². The zero-order chi connectivity index (χ0) is 20.7. The molecular formula is C22H26N4O3S. The maximum Gasteiger partial charge on any atom is 0.262 e. The van der Waals surface area contributed by atoms with E-state index in [1.54, 1.807) is 10.8 Å². The van der Waals surface area contributed by atoms with Crippen LogP contribution in [0.15, 0.2) is 27.6 Å². The number of amides is 1. The number of thiophene rings is 1. The second kappa shape index (κ2) is 8.00. The first-order chi connectivity index (χ1) is 14.6. The van der Waals surface area contributed by atoms with Crippen molar-refractivity contribution in [3.05, 3.63) is 50.8 Å². The molecule has 2 aliphatic rings. The van der Waals surface area contributed by atoms with Crippen molar-refractivity contribution in [2.75, 3.05) is 19.6 Å². The van der Waals surface area contributed by atoms with Gasteiger partial charge < -0.3 is 9.73 Å². The summed E-state index contributed by atoms with van der Waals surface area (Å²) < 4.78 is 7.43. The molecule has 0 saturated carbocycles. The summed E-state index contributed by atoms with van der Waals surface area (Å²) in [6.07, 6.45) is 7.05. The molecule has 1 atom stereocenters. The highest BCUT2D eigenvalue weighted by Gasteiger charge is 2.27. The fourth-order valence-corrected chi connectivity index (χ4v) is 5.79. The van der Waals surface area contributed by atoms with Crippen LogP contribution in [0.5, 0.6) is 0 Å². The van der Waals surface area contributed by atoms with Crippen LogP contribution >= 0.6 is 11.3 Å². The van der Waals surface area contributed by atoms with Crippen LogP contribution < -0.4 is 10.9 Å². The molecule has 7 nitrogen and oxygen atoms in total. The lowest BCUT2D eigenvalue weighted by Gasteiger charge is -2.33. The SMILES string of the molecule is Cc1c(C(=O)NC[C@@H](c2ccco2)N2CCCCC2)sc2nc3n(c(=O)c12)CCC3. The van der Waals surface area contributed by atoms with E-state index in [9.17, 15) is 9.59 Å². The number of aryl methyl sites for hydroxylation is 2. The molecule has 3 aromatic heterocycles. The van der Waals surface area contributed by atoms with E-state index in [2.05, 4.69) is 15.2 Å². The molecule has 3 aromatic rings. The summed E-state index contributed by atoms with van der Waals surface area (Å²) >= 11 is 1.32. The first-order valence-electron chi connectivity index (χ1n) is 10.7. The molecule has 1 amide bonds. The normalized spacial score (nSPS) is 17.9. The number of nitrogens with one attached hydrogen (secondary N) is 1. The van der Waals surface area contributed by atoms with Crippen LogP contribution in [0.2, 0.25) is 0 Å². The Hall–Kier alpha value is -2.45.